The molecule has 0 radical (unpaired) electrons. The van der Waals surface area contributed by atoms with Crippen LogP contribution in [0.5, 0.6) is 0 Å². The normalized spacial score (nSPS) is 18.8. The molecule has 2 saturated heterocycles. The molecule has 4 rings (SSSR count). The Balaban J connectivity index is 1.15. The topological polar surface area (TPSA) is 26.8 Å². The lowest BCUT2D eigenvalue weighted by atomic mass is 9.90. The fourth-order valence-electron chi connectivity index (χ4n) is 4.63. The number of piperidine rings is 1. The summed E-state index contributed by atoms with van der Waals surface area (Å²) in [5.41, 5.74) is 2.72. The fraction of sp³-hybridized carbons (Fsp3) is 0.480. The maximum atomic E-state index is 12.7. The van der Waals surface area contributed by atoms with Crippen LogP contribution in [0.1, 0.15) is 24.8 Å². The van der Waals surface area contributed by atoms with Gasteiger partial charge in [0.25, 0.3) is 0 Å². The van der Waals surface area contributed by atoms with Crippen molar-refractivity contribution in [2.24, 2.45) is 5.92 Å². The molecule has 2 aliphatic rings. The molecular formula is C25H33N3O. The van der Waals surface area contributed by atoms with Crippen LogP contribution in [-0.2, 0) is 11.2 Å². The van der Waals surface area contributed by atoms with Crippen LogP contribution in [0.4, 0.5) is 5.69 Å². The number of nitrogens with zero attached hydrogens (tertiary/aromatic N) is 3. The Morgan fingerprint density at radius 2 is 1.41 bits per heavy atom. The molecule has 2 aromatic carbocycles. The maximum absolute atomic E-state index is 12.7. The minimum atomic E-state index is 0.323. The Kier molecular flexibility index (Phi) is 6.83. The summed E-state index contributed by atoms with van der Waals surface area (Å²) in [5, 5.41) is 0. The smallest absolute Gasteiger partial charge is 0.223 e. The molecule has 2 aromatic rings. The molecule has 0 aliphatic carbocycles. The predicted octanol–water partition coefficient (Wildman–Crippen LogP) is 3.68. The largest absolute Gasteiger partial charge is 0.368 e. The van der Waals surface area contributed by atoms with E-state index in [9.17, 15) is 4.79 Å². The van der Waals surface area contributed by atoms with Crippen LogP contribution >= 0.6 is 0 Å². The van der Waals surface area contributed by atoms with E-state index in [-0.39, 0.29) is 0 Å². The SMILES string of the molecule is O=C(CCN1CCC(Cc2ccccc2)CC1)N1CCN(c2ccccc2)CC1. The molecule has 4 nitrogen and oxygen atoms in total. The Morgan fingerprint density at radius 1 is 0.793 bits per heavy atom. The van der Waals surface area contributed by atoms with E-state index in [2.05, 4.69) is 69.3 Å². The second-order valence-corrected chi connectivity index (χ2v) is 8.43. The molecule has 4 heteroatoms. The van der Waals surface area contributed by atoms with Crippen LogP contribution < -0.4 is 4.90 Å². The molecule has 0 bridgehead atoms. The van der Waals surface area contributed by atoms with Gasteiger partial charge >= 0.3 is 0 Å². The van der Waals surface area contributed by atoms with E-state index in [1.807, 2.05) is 6.07 Å². The summed E-state index contributed by atoms with van der Waals surface area (Å²) in [6.07, 6.45) is 4.35. The highest BCUT2D eigenvalue weighted by atomic mass is 16.2. The molecule has 2 fully saturated rings. The summed E-state index contributed by atoms with van der Waals surface area (Å²) >= 11 is 0. The molecule has 0 saturated carbocycles. The standard InChI is InChI=1S/C25H33N3O/c29-25(28-19-17-27(18-20-28)24-9-5-2-6-10-24)13-16-26-14-11-23(12-15-26)21-22-7-3-1-4-8-22/h1-10,23H,11-21H2. The summed E-state index contributed by atoms with van der Waals surface area (Å²) < 4.78 is 0. The lowest BCUT2D eigenvalue weighted by Crippen LogP contribution is -2.49. The number of hydrogen-bond donors (Lipinski definition) is 0. The fourth-order valence-corrected chi connectivity index (χ4v) is 4.63. The number of piperazine rings is 1. The van der Waals surface area contributed by atoms with Gasteiger partial charge in [-0.3, -0.25) is 4.79 Å². The van der Waals surface area contributed by atoms with Gasteiger partial charge in [0.15, 0.2) is 0 Å². The van der Waals surface area contributed by atoms with Crippen molar-refractivity contribution in [2.45, 2.75) is 25.7 Å². The highest BCUT2D eigenvalue weighted by Gasteiger charge is 2.23. The van der Waals surface area contributed by atoms with Crippen molar-refractivity contribution in [1.29, 1.82) is 0 Å². The number of carbonyl (C=O) groups is 1. The van der Waals surface area contributed by atoms with Crippen LogP contribution in [0.25, 0.3) is 0 Å². The third-order valence-corrected chi connectivity index (χ3v) is 6.47. The van der Waals surface area contributed by atoms with Crippen molar-refractivity contribution in [2.75, 3.05) is 50.7 Å². The van der Waals surface area contributed by atoms with E-state index in [1.54, 1.807) is 0 Å². The van der Waals surface area contributed by atoms with E-state index in [0.29, 0.717) is 12.3 Å². The molecule has 1 amide bonds. The third kappa shape index (κ3) is 5.60. The van der Waals surface area contributed by atoms with Gasteiger partial charge in [0.05, 0.1) is 0 Å². The first-order chi connectivity index (χ1) is 14.3. The van der Waals surface area contributed by atoms with E-state index >= 15 is 0 Å². The van der Waals surface area contributed by atoms with Gasteiger partial charge in [0.1, 0.15) is 0 Å². The van der Waals surface area contributed by atoms with Crippen LogP contribution in [-0.4, -0.2) is 61.5 Å². The van der Waals surface area contributed by atoms with Crippen molar-refractivity contribution < 1.29 is 4.79 Å². The average Bonchev–Trinajstić information content (AvgIpc) is 2.80. The molecule has 154 valence electrons. The van der Waals surface area contributed by atoms with Crippen LogP contribution in [0, 0.1) is 5.92 Å². The van der Waals surface area contributed by atoms with Gasteiger partial charge < -0.3 is 14.7 Å². The first kappa shape index (κ1) is 20.0. The maximum Gasteiger partial charge on any atom is 0.223 e. The van der Waals surface area contributed by atoms with E-state index in [4.69, 9.17) is 0 Å². The van der Waals surface area contributed by atoms with Crippen molar-refractivity contribution in [3.8, 4) is 0 Å². The van der Waals surface area contributed by atoms with Gasteiger partial charge in [-0.15, -0.1) is 0 Å². The Labute approximate surface area is 175 Å². The number of rotatable bonds is 6. The van der Waals surface area contributed by atoms with Crippen molar-refractivity contribution >= 4 is 11.6 Å². The van der Waals surface area contributed by atoms with Crippen LogP contribution in [0.15, 0.2) is 60.7 Å². The highest BCUT2D eigenvalue weighted by molar-refractivity contribution is 5.76. The lowest BCUT2D eigenvalue weighted by Gasteiger charge is -2.37. The first-order valence-electron chi connectivity index (χ1n) is 11.1. The first-order valence-corrected chi connectivity index (χ1v) is 11.1. The number of hydrogen-bond acceptors (Lipinski definition) is 3. The van der Waals surface area contributed by atoms with E-state index in [0.717, 1.165) is 51.7 Å². The highest BCUT2D eigenvalue weighted by Crippen LogP contribution is 2.22. The average molecular weight is 392 g/mol. The third-order valence-electron chi connectivity index (χ3n) is 6.47. The van der Waals surface area contributed by atoms with Gasteiger partial charge in [0, 0.05) is 44.8 Å². The summed E-state index contributed by atoms with van der Waals surface area (Å²) in [5.74, 6) is 1.11. The minimum Gasteiger partial charge on any atom is -0.368 e. The molecule has 0 spiro atoms. The van der Waals surface area contributed by atoms with Crippen molar-refractivity contribution in [3.05, 3.63) is 66.2 Å². The second-order valence-electron chi connectivity index (χ2n) is 8.43. The molecule has 0 atom stereocenters. The Hall–Kier alpha value is -2.33. The molecule has 2 aliphatic heterocycles. The van der Waals surface area contributed by atoms with Crippen molar-refractivity contribution in [3.63, 3.8) is 0 Å². The summed E-state index contributed by atoms with van der Waals surface area (Å²) in [6.45, 7) is 6.72. The number of para-hydroxylation sites is 1. The molecule has 0 N–H and O–H groups in total. The predicted molar refractivity (Wildman–Crippen MR) is 119 cm³/mol. The number of carbonyl (C=O) groups excluding carboxylic acids is 1. The van der Waals surface area contributed by atoms with Gasteiger partial charge in [-0.05, 0) is 56.0 Å². The Morgan fingerprint density at radius 3 is 2.07 bits per heavy atom. The second kappa shape index (κ2) is 9.93. The van der Waals surface area contributed by atoms with Gasteiger partial charge in [-0.1, -0.05) is 48.5 Å². The summed E-state index contributed by atoms with van der Waals surface area (Å²) in [6, 6.07) is 21.3. The zero-order valence-corrected chi connectivity index (χ0v) is 17.4. The monoisotopic (exact) mass is 391 g/mol. The molecule has 29 heavy (non-hydrogen) atoms. The number of benzene rings is 2. The summed E-state index contributed by atoms with van der Waals surface area (Å²) in [4.78, 5) is 19.6. The molecule has 2 heterocycles. The molecule has 0 aromatic heterocycles. The molecule has 0 unspecified atom stereocenters. The zero-order chi connectivity index (χ0) is 19.9. The van der Waals surface area contributed by atoms with Gasteiger partial charge in [0.2, 0.25) is 5.91 Å². The number of likely N-dealkylation sites (tertiary alicyclic amines) is 1. The molecular weight excluding hydrogens is 358 g/mol. The van der Waals surface area contributed by atoms with Gasteiger partial charge in [-0.25, -0.2) is 0 Å². The minimum absolute atomic E-state index is 0.323. The van der Waals surface area contributed by atoms with Crippen molar-refractivity contribution in [1.82, 2.24) is 9.80 Å². The quantitative estimate of drug-likeness (QED) is 0.752. The van der Waals surface area contributed by atoms with Gasteiger partial charge in [-0.2, -0.15) is 0 Å². The number of amides is 1. The Bertz CT molecular complexity index is 748. The van der Waals surface area contributed by atoms with Crippen LogP contribution in [0.3, 0.4) is 0 Å². The number of anilines is 1. The van der Waals surface area contributed by atoms with Crippen LogP contribution in [0.2, 0.25) is 0 Å². The van der Waals surface area contributed by atoms with E-state index in [1.165, 1.54) is 30.5 Å². The summed E-state index contributed by atoms with van der Waals surface area (Å²) in [7, 11) is 0. The lowest BCUT2D eigenvalue weighted by molar-refractivity contribution is -0.131. The van der Waals surface area contributed by atoms with E-state index < -0.39 is 0 Å². The zero-order valence-electron chi connectivity index (χ0n) is 17.4.